The van der Waals surface area contributed by atoms with Crippen molar-refractivity contribution in [2.45, 2.75) is 19.4 Å². The van der Waals surface area contributed by atoms with Gasteiger partial charge in [0.1, 0.15) is 11.8 Å². The average molecular weight is 316 g/mol. The van der Waals surface area contributed by atoms with Gasteiger partial charge in [-0.05, 0) is 30.7 Å². The zero-order chi connectivity index (χ0) is 16.0. The lowest BCUT2D eigenvalue weighted by Gasteiger charge is -2.13. The third kappa shape index (κ3) is 5.70. The van der Waals surface area contributed by atoms with Crippen LogP contribution in [0.5, 0.6) is 5.75 Å². The molecule has 0 saturated carbocycles. The second-order valence-corrected chi connectivity index (χ2v) is 4.66. The number of carbonyl (C=O) groups is 3. The van der Waals surface area contributed by atoms with Gasteiger partial charge in [0.2, 0.25) is 0 Å². The number of aryl methyl sites for hydroxylation is 1. The molecule has 0 aliphatic carbocycles. The summed E-state index contributed by atoms with van der Waals surface area (Å²) in [4.78, 5) is 32.8. The van der Waals surface area contributed by atoms with Gasteiger partial charge in [0, 0.05) is 5.02 Å². The monoisotopic (exact) mass is 315 g/mol. The van der Waals surface area contributed by atoms with Crippen molar-refractivity contribution in [1.82, 2.24) is 5.32 Å². The number of carboxylic acids is 2. The molecule has 0 spiro atoms. The van der Waals surface area contributed by atoms with Gasteiger partial charge in [0.25, 0.3) is 5.91 Å². The molecule has 8 heteroatoms. The van der Waals surface area contributed by atoms with Gasteiger partial charge in [-0.3, -0.25) is 9.59 Å². The van der Waals surface area contributed by atoms with Crippen molar-refractivity contribution in [3.8, 4) is 5.75 Å². The maximum absolute atomic E-state index is 11.5. The number of hydrogen-bond donors (Lipinski definition) is 3. The van der Waals surface area contributed by atoms with E-state index in [-0.39, 0.29) is 0 Å². The second-order valence-electron chi connectivity index (χ2n) is 4.26. The van der Waals surface area contributed by atoms with Crippen LogP contribution in [0.1, 0.15) is 12.0 Å². The van der Waals surface area contributed by atoms with E-state index in [1.807, 2.05) is 0 Å². The maximum atomic E-state index is 11.5. The molecule has 0 heterocycles. The van der Waals surface area contributed by atoms with Crippen LogP contribution in [0, 0.1) is 6.92 Å². The Bertz CT molecular complexity index is 560. The first-order valence-corrected chi connectivity index (χ1v) is 6.30. The van der Waals surface area contributed by atoms with Gasteiger partial charge in [-0.1, -0.05) is 11.6 Å². The van der Waals surface area contributed by atoms with Crippen molar-refractivity contribution < 1.29 is 29.3 Å². The van der Waals surface area contributed by atoms with Crippen molar-refractivity contribution in [2.24, 2.45) is 0 Å². The van der Waals surface area contributed by atoms with E-state index in [4.69, 9.17) is 26.6 Å². The van der Waals surface area contributed by atoms with Crippen molar-refractivity contribution >= 4 is 29.4 Å². The van der Waals surface area contributed by atoms with Gasteiger partial charge < -0.3 is 20.3 Å². The number of nitrogens with one attached hydrogen (secondary N) is 1. The van der Waals surface area contributed by atoms with Crippen LogP contribution in [0.25, 0.3) is 0 Å². The van der Waals surface area contributed by atoms with Crippen molar-refractivity contribution in [3.63, 3.8) is 0 Å². The number of ether oxygens (including phenoxy) is 1. The fraction of sp³-hybridized carbons (Fsp3) is 0.308. The molecule has 7 nitrogen and oxygen atoms in total. The van der Waals surface area contributed by atoms with Gasteiger partial charge in [0.05, 0.1) is 6.42 Å². The minimum atomic E-state index is -1.49. The molecule has 0 aliphatic heterocycles. The van der Waals surface area contributed by atoms with E-state index in [1.165, 1.54) is 0 Å². The minimum absolute atomic E-state index is 0.400. The SMILES string of the molecule is Cc1cc(OCC(=O)N[C@@H](CC(=O)O)C(=O)O)ccc1Cl. The first kappa shape index (κ1) is 16.8. The molecule has 1 rings (SSSR count). The third-order valence-corrected chi connectivity index (χ3v) is 2.94. The maximum Gasteiger partial charge on any atom is 0.326 e. The highest BCUT2D eigenvalue weighted by Crippen LogP contribution is 2.20. The number of amides is 1. The van der Waals surface area contributed by atoms with Crippen LogP contribution in [0.2, 0.25) is 5.02 Å². The lowest BCUT2D eigenvalue weighted by atomic mass is 10.2. The lowest BCUT2D eigenvalue weighted by Crippen LogP contribution is -2.44. The summed E-state index contributed by atoms with van der Waals surface area (Å²) in [6.07, 6.45) is -0.707. The summed E-state index contributed by atoms with van der Waals surface area (Å²) in [7, 11) is 0. The molecule has 0 saturated heterocycles. The summed E-state index contributed by atoms with van der Waals surface area (Å²) >= 11 is 5.84. The highest BCUT2D eigenvalue weighted by molar-refractivity contribution is 6.31. The predicted octanol–water partition coefficient (Wildman–Crippen LogP) is 1.07. The number of aliphatic carboxylic acids is 2. The van der Waals surface area contributed by atoms with Gasteiger partial charge in [-0.2, -0.15) is 0 Å². The molecule has 0 unspecified atom stereocenters. The number of carbonyl (C=O) groups excluding carboxylic acids is 1. The number of hydrogen-bond acceptors (Lipinski definition) is 4. The van der Waals surface area contributed by atoms with Crippen LogP contribution in [-0.4, -0.2) is 40.7 Å². The van der Waals surface area contributed by atoms with E-state index in [2.05, 4.69) is 5.32 Å². The Balaban J connectivity index is 2.54. The van der Waals surface area contributed by atoms with Gasteiger partial charge in [0.15, 0.2) is 6.61 Å². The minimum Gasteiger partial charge on any atom is -0.484 e. The third-order valence-electron chi connectivity index (χ3n) is 2.51. The molecule has 0 fully saturated rings. The zero-order valence-electron chi connectivity index (χ0n) is 11.1. The van der Waals surface area contributed by atoms with Crippen molar-refractivity contribution in [1.29, 1.82) is 0 Å². The summed E-state index contributed by atoms with van der Waals surface area (Å²) in [5.74, 6) is -3.07. The molecule has 1 aromatic rings. The van der Waals surface area contributed by atoms with Crippen LogP contribution < -0.4 is 10.1 Å². The van der Waals surface area contributed by atoms with Crippen molar-refractivity contribution in [2.75, 3.05) is 6.61 Å². The molecule has 21 heavy (non-hydrogen) atoms. The smallest absolute Gasteiger partial charge is 0.326 e. The topological polar surface area (TPSA) is 113 Å². The summed E-state index contributed by atoms with van der Waals surface area (Å²) in [5, 5.41) is 20.0. The van der Waals surface area contributed by atoms with Gasteiger partial charge in [-0.15, -0.1) is 0 Å². The average Bonchev–Trinajstić information content (AvgIpc) is 2.38. The van der Waals surface area contributed by atoms with Crippen molar-refractivity contribution in [3.05, 3.63) is 28.8 Å². The number of rotatable bonds is 7. The normalized spacial score (nSPS) is 11.5. The van der Waals surface area contributed by atoms with E-state index >= 15 is 0 Å². The Morgan fingerprint density at radius 3 is 2.52 bits per heavy atom. The molecule has 1 amide bonds. The van der Waals surface area contributed by atoms with E-state index in [0.29, 0.717) is 10.8 Å². The largest absolute Gasteiger partial charge is 0.484 e. The predicted molar refractivity (Wildman–Crippen MR) is 73.5 cm³/mol. The first-order valence-electron chi connectivity index (χ1n) is 5.92. The molecular formula is C13H14ClNO6. The van der Waals surface area contributed by atoms with Crippen LogP contribution in [0.15, 0.2) is 18.2 Å². The molecule has 0 bridgehead atoms. The number of carboxylic acid groups (broad SMARTS) is 2. The summed E-state index contributed by atoms with van der Waals surface area (Å²) in [6, 6.07) is 3.30. The Hall–Kier alpha value is -2.28. The van der Waals surface area contributed by atoms with E-state index in [0.717, 1.165) is 5.56 Å². The summed E-state index contributed by atoms with van der Waals surface area (Å²) < 4.78 is 5.18. The Labute approximate surface area is 125 Å². The van der Waals surface area contributed by atoms with E-state index in [1.54, 1.807) is 25.1 Å². The molecule has 0 radical (unpaired) electrons. The molecular weight excluding hydrogens is 302 g/mol. The fourth-order valence-electron chi connectivity index (χ4n) is 1.47. The van der Waals surface area contributed by atoms with E-state index < -0.39 is 36.9 Å². The standard InChI is InChI=1S/C13H14ClNO6/c1-7-4-8(2-3-9(7)14)21-6-11(16)15-10(13(19)20)5-12(17)18/h2-4,10H,5-6H2,1H3,(H,15,16)(H,17,18)(H,19,20)/t10-/m0/s1. The molecule has 114 valence electrons. The molecule has 1 atom stereocenters. The molecule has 1 aromatic carbocycles. The van der Waals surface area contributed by atoms with E-state index in [9.17, 15) is 14.4 Å². The van der Waals surface area contributed by atoms with Crippen LogP contribution in [0.3, 0.4) is 0 Å². The summed E-state index contributed by atoms with van der Waals surface area (Å²) in [5.41, 5.74) is 0.767. The number of halogens is 1. The zero-order valence-corrected chi connectivity index (χ0v) is 11.9. The Kier molecular flexibility index (Phi) is 5.98. The van der Waals surface area contributed by atoms with Crippen LogP contribution in [-0.2, 0) is 14.4 Å². The first-order chi connectivity index (χ1) is 9.79. The Morgan fingerprint density at radius 1 is 1.33 bits per heavy atom. The number of benzene rings is 1. The fourth-order valence-corrected chi connectivity index (χ4v) is 1.58. The second kappa shape index (κ2) is 7.49. The molecule has 0 aromatic heterocycles. The highest BCUT2D eigenvalue weighted by atomic mass is 35.5. The summed E-state index contributed by atoms with van der Waals surface area (Å²) in [6.45, 7) is 1.34. The Morgan fingerprint density at radius 2 is 2.00 bits per heavy atom. The highest BCUT2D eigenvalue weighted by Gasteiger charge is 2.23. The lowest BCUT2D eigenvalue weighted by molar-refractivity contribution is -0.147. The molecule has 0 aliphatic rings. The van der Waals surface area contributed by atoms with Crippen LogP contribution >= 0.6 is 11.6 Å². The van der Waals surface area contributed by atoms with Gasteiger partial charge in [-0.25, -0.2) is 4.79 Å². The van der Waals surface area contributed by atoms with Gasteiger partial charge >= 0.3 is 11.9 Å². The van der Waals surface area contributed by atoms with Crippen LogP contribution in [0.4, 0.5) is 0 Å². The quantitative estimate of drug-likeness (QED) is 0.693. The molecule has 3 N–H and O–H groups in total.